The molecule has 0 radical (unpaired) electrons. The Kier molecular flexibility index (Phi) is 4.56. The summed E-state index contributed by atoms with van der Waals surface area (Å²) in [5, 5.41) is 6.64. The molecule has 2 rings (SSSR count). The number of fused-ring (bicyclic) bond motifs is 2. The molecular weight excluding hydrogens is 264 g/mol. The largest absolute Gasteiger partial charge is 0.347 e. The smallest absolute Gasteiger partial charge is 0.345 e. The molecule has 0 aliphatic carbocycles. The van der Waals surface area contributed by atoms with Crippen LogP contribution < -0.4 is 10.6 Å². The predicted molar refractivity (Wildman–Crippen MR) is 69.7 cm³/mol. The summed E-state index contributed by atoms with van der Waals surface area (Å²) in [6.45, 7) is 0.692. The van der Waals surface area contributed by atoms with Crippen molar-refractivity contribution in [3.63, 3.8) is 0 Å². The fraction of sp³-hybridized carbons (Fsp3) is 0.750. The summed E-state index contributed by atoms with van der Waals surface area (Å²) in [5.41, 5.74) is 0. The van der Waals surface area contributed by atoms with Gasteiger partial charge in [0.1, 0.15) is 6.04 Å². The molecule has 2 atom stereocenters. The number of piperidine rings is 1. The van der Waals surface area contributed by atoms with Gasteiger partial charge in [0, 0.05) is 6.54 Å². The van der Waals surface area contributed by atoms with E-state index < -0.39 is 6.04 Å². The number of likely N-dealkylation sites (N-methyl/N-ethyl adjacent to an activating group) is 1. The first kappa shape index (κ1) is 14.7. The Labute approximate surface area is 117 Å². The van der Waals surface area contributed by atoms with Crippen LogP contribution in [0.4, 0.5) is 4.79 Å². The van der Waals surface area contributed by atoms with Gasteiger partial charge in [-0.05, 0) is 19.9 Å². The van der Waals surface area contributed by atoms with Gasteiger partial charge in [0.15, 0.2) is 5.78 Å². The van der Waals surface area contributed by atoms with Crippen LogP contribution in [0.3, 0.4) is 0 Å². The molecule has 2 heterocycles. The normalized spacial score (nSPS) is 25.0. The first-order valence-corrected chi connectivity index (χ1v) is 6.66. The highest BCUT2D eigenvalue weighted by molar-refractivity contribution is 5.92. The molecule has 2 fully saturated rings. The molecule has 20 heavy (non-hydrogen) atoms. The maximum absolute atomic E-state index is 12.1. The number of carbonyl (C=O) groups excluding carboxylic acids is 3. The van der Waals surface area contributed by atoms with Crippen molar-refractivity contribution >= 4 is 17.7 Å². The second kappa shape index (κ2) is 6.19. The first-order valence-electron chi connectivity index (χ1n) is 6.66. The highest BCUT2D eigenvalue weighted by Crippen LogP contribution is 2.29. The van der Waals surface area contributed by atoms with E-state index in [1.807, 2.05) is 0 Å². The third-order valence-electron chi connectivity index (χ3n) is 3.66. The van der Waals surface area contributed by atoms with E-state index in [2.05, 4.69) is 10.6 Å². The van der Waals surface area contributed by atoms with Crippen molar-refractivity contribution in [1.29, 1.82) is 0 Å². The molecule has 0 aromatic rings. The topological polar surface area (TPSA) is 91.0 Å². The van der Waals surface area contributed by atoms with E-state index in [9.17, 15) is 14.4 Å². The van der Waals surface area contributed by atoms with Crippen molar-refractivity contribution in [3.05, 3.63) is 0 Å². The Morgan fingerprint density at radius 2 is 2.10 bits per heavy atom. The molecule has 2 bridgehead atoms. The average Bonchev–Trinajstić information content (AvgIpc) is 2.68. The van der Waals surface area contributed by atoms with Gasteiger partial charge < -0.3 is 15.5 Å². The van der Waals surface area contributed by atoms with Gasteiger partial charge in [-0.1, -0.05) is 0 Å². The predicted octanol–water partition coefficient (Wildman–Crippen LogP) is -1.28. The van der Waals surface area contributed by atoms with Crippen molar-refractivity contribution in [1.82, 2.24) is 20.6 Å². The van der Waals surface area contributed by atoms with Crippen LogP contribution in [0.15, 0.2) is 0 Å². The molecule has 2 saturated heterocycles. The number of hydroxylamine groups is 2. The molecule has 2 N–H and O–H groups in total. The van der Waals surface area contributed by atoms with E-state index in [0.717, 1.165) is 6.42 Å². The molecular formula is C12H20N4O4. The van der Waals surface area contributed by atoms with Gasteiger partial charge in [-0.15, -0.1) is 0 Å². The highest BCUT2D eigenvalue weighted by Gasteiger charge is 2.47. The van der Waals surface area contributed by atoms with Crippen LogP contribution in [0.2, 0.25) is 0 Å². The van der Waals surface area contributed by atoms with Gasteiger partial charge in [0.25, 0.3) is 0 Å². The Morgan fingerprint density at radius 1 is 1.35 bits per heavy atom. The van der Waals surface area contributed by atoms with Crippen molar-refractivity contribution in [2.75, 3.05) is 33.8 Å². The van der Waals surface area contributed by atoms with Gasteiger partial charge >= 0.3 is 6.03 Å². The number of nitrogens with zero attached hydrogens (tertiary/aromatic N) is 2. The maximum Gasteiger partial charge on any atom is 0.345 e. The molecule has 0 saturated carbocycles. The molecule has 112 valence electrons. The zero-order chi connectivity index (χ0) is 14.7. The van der Waals surface area contributed by atoms with Crippen LogP contribution in [-0.4, -0.2) is 73.6 Å². The number of rotatable bonds is 6. The molecule has 3 amide bonds. The molecule has 0 aromatic heterocycles. The van der Waals surface area contributed by atoms with E-state index in [-0.39, 0.29) is 36.9 Å². The number of ketones is 1. The molecule has 0 spiro atoms. The van der Waals surface area contributed by atoms with Gasteiger partial charge in [0.2, 0.25) is 5.91 Å². The summed E-state index contributed by atoms with van der Waals surface area (Å²) in [7, 11) is 3.12. The van der Waals surface area contributed by atoms with E-state index in [1.54, 1.807) is 7.05 Å². The maximum atomic E-state index is 12.1. The molecule has 8 heteroatoms. The standard InChI is InChI=1S/C12H20N4O4/c1-13-5-9(17)6-14-11(18)10-4-3-8-7-15(10)12(19)16(8)20-2/h8,10,13H,3-7H2,1-2H3,(H,14,18)/t8-,10+/m1/s1. The summed E-state index contributed by atoms with van der Waals surface area (Å²) in [6.07, 6.45) is 1.31. The number of urea groups is 1. The lowest BCUT2D eigenvalue weighted by Gasteiger charge is -2.29. The number of amides is 3. The Balaban J connectivity index is 1.91. The summed E-state index contributed by atoms with van der Waals surface area (Å²) >= 11 is 0. The van der Waals surface area contributed by atoms with Crippen molar-refractivity contribution < 1.29 is 19.2 Å². The fourth-order valence-electron chi connectivity index (χ4n) is 2.70. The molecule has 0 unspecified atom stereocenters. The summed E-state index contributed by atoms with van der Waals surface area (Å²) < 4.78 is 0. The monoisotopic (exact) mass is 284 g/mol. The van der Waals surface area contributed by atoms with Gasteiger partial charge in [0.05, 0.1) is 26.2 Å². The number of carbonyl (C=O) groups is 3. The van der Waals surface area contributed by atoms with Crippen molar-refractivity contribution in [2.24, 2.45) is 0 Å². The van der Waals surface area contributed by atoms with E-state index in [1.165, 1.54) is 17.1 Å². The summed E-state index contributed by atoms with van der Waals surface area (Å²) in [5.74, 6) is -0.375. The minimum Gasteiger partial charge on any atom is -0.347 e. The quantitative estimate of drug-likeness (QED) is 0.634. The zero-order valence-corrected chi connectivity index (χ0v) is 11.7. The Morgan fingerprint density at radius 3 is 2.75 bits per heavy atom. The van der Waals surface area contributed by atoms with Crippen LogP contribution in [0.1, 0.15) is 12.8 Å². The molecule has 2 aliphatic heterocycles. The van der Waals surface area contributed by atoms with Gasteiger partial charge in [-0.25, -0.2) is 4.79 Å². The SMILES string of the molecule is CNCC(=O)CNC(=O)[C@@H]1CC[C@@H]2CN1C(=O)N2OC. The lowest BCUT2D eigenvalue weighted by Crippen LogP contribution is -2.51. The van der Waals surface area contributed by atoms with Gasteiger partial charge in [-0.2, -0.15) is 5.06 Å². The van der Waals surface area contributed by atoms with Crippen molar-refractivity contribution in [2.45, 2.75) is 24.9 Å². The zero-order valence-electron chi connectivity index (χ0n) is 11.7. The van der Waals surface area contributed by atoms with Crippen LogP contribution in [0, 0.1) is 0 Å². The number of hydrogen-bond acceptors (Lipinski definition) is 5. The summed E-state index contributed by atoms with van der Waals surface area (Å²) in [4.78, 5) is 42.1. The van der Waals surface area contributed by atoms with Crippen LogP contribution in [0.25, 0.3) is 0 Å². The van der Waals surface area contributed by atoms with E-state index in [0.29, 0.717) is 13.0 Å². The Hall–Kier alpha value is -1.67. The van der Waals surface area contributed by atoms with Gasteiger partial charge in [-0.3, -0.25) is 14.4 Å². The summed E-state index contributed by atoms with van der Waals surface area (Å²) in [6, 6.07) is -0.777. The third kappa shape index (κ3) is 2.75. The fourth-order valence-corrected chi connectivity index (χ4v) is 2.70. The minimum absolute atomic E-state index is 0.0162. The first-order chi connectivity index (χ1) is 9.58. The van der Waals surface area contributed by atoms with E-state index >= 15 is 0 Å². The van der Waals surface area contributed by atoms with Crippen LogP contribution >= 0.6 is 0 Å². The minimum atomic E-state index is -0.513. The second-order valence-corrected chi connectivity index (χ2v) is 4.98. The van der Waals surface area contributed by atoms with E-state index in [4.69, 9.17) is 4.84 Å². The highest BCUT2D eigenvalue weighted by atomic mass is 16.7. The molecule has 2 aliphatic rings. The molecule has 8 nitrogen and oxygen atoms in total. The number of Topliss-reactive ketones (excluding diaryl/α,β-unsaturated/α-hetero) is 1. The average molecular weight is 284 g/mol. The molecule has 0 aromatic carbocycles. The third-order valence-corrected chi connectivity index (χ3v) is 3.66. The number of hydrogen-bond donors (Lipinski definition) is 2. The Bertz CT molecular complexity index is 414. The van der Waals surface area contributed by atoms with Crippen molar-refractivity contribution in [3.8, 4) is 0 Å². The second-order valence-electron chi connectivity index (χ2n) is 4.98. The lowest BCUT2D eigenvalue weighted by molar-refractivity contribution is -0.128. The number of nitrogens with one attached hydrogen (secondary N) is 2. The van der Waals surface area contributed by atoms with Crippen LogP contribution in [-0.2, 0) is 14.4 Å². The lowest BCUT2D eigenvalue weighted by atomic mass is 10.0. The van der Waals surface area contributed by atoms with Crippen LogP contribution in [0.5, 0.6) is 0 Å².